The Kier molecular flexibility index (Phi) is 5.49. The second-order valence-electron chi connectivity index (χ2n) is 8.90. The second kappa shape index (κ2) is 7.95. The minimum Gasteiger partial charge on any atom is -0.334 e. The number of anilines is 1. The lowest BCUT2D eigenvalue weighted by molar-refractivity contribution is 0.222. The normalized spacial score (nSPS) is 24.9. The van der Waals surface area contributed by atoms with Crippen molar-refractivity contribution in [1.82, 2.24) is 10.6 Å². The molecule has 1 fully saturated rings. The molecule has 4 rings (SSSR count). The molecule has 160 valence electrons. The Morgan fingerprint density at radius 2 is 1.83 bits per heavy atom. The van der Waals surface area contributed by atoms with Crippen LogP contribution in [-0.4, -0.2) is 32.3 Å². The van der Waals surface area contributed by atoms with Gasteiger partial charge >= 0.3 is 6.03 Å². The van der Waals surface area contributed by atoms with Crippen LogP contribution in [0.4, 0.5) is 10.5 Å². The van der Waals surface area contributed by atoms with E-state index >= 15 is 0 Å². The summed E-state index contributed by atoms with van der Waals surface area (Å²) in [5.41, 5.74) is 4.02. The van der Waals surface area contributed by atoms with Crippen molar-refractivity contribution in [3.63, 3.8) is 0 Å². The Hall–Kier alpha value is -2.54. The first kappa shape index (κ1) is 20.7. The van der Waals surface area contributed by atoms with Crippen LogP contribution in [0.25, 0.3) is 0 Å². The van der Waals surface area contributed by atoms with Crippen molar-refractivity contribution < 1.29 is 13.2 Å². The van der Waals surface area contributed by atoms with Crippen LogP contribution in [0.3, 0.4) is 0 Å². The number of benzene rings is 2. The van der Waals surface area contributed by atoms with E-state index in [1.54, 1.807) is 0 Å². The molecular formula is C23H29N3O3S. The molecule has 30 heavy (non-hydrogen) atoms. The maximum Gasteiger partial charge on any atom is 0.315 e. The average Bonchev–Trinajstić information content (AvgIpc) is 2.98. The molecule has 0 spiro atoms. The summed E-state index contributed by atoms with van der Waals surface area (Å²) in [6.07, 6.45) is 2.70. The van der Waals surface area contributed by atoms with Gasteiger partial charge in [0.2, 0.25) is 10.0 Å². The first-order chi connectivity index (χ1) is 14.2. The standard InChI is InChI=1S/C23H29N3O3S/c1-17-15-26(30(28,29)16-17)21-9-7-18(8-10-21)14-24-22(27)25-23(2)12-11-19-5-3-4-6-20(19)13-23/h3-10,17H,11-16H2,1-2H3,(H2,24,25,27). The van der Waals surface area contributed by atoms with Crippen LogP contribution in [-0.2, 0) is 29.4 Å². The Balaban J connectivity index is 1.32. The first-order valence-corrected chi connectivity index (χ1v) is 12.1. The molecule has 6 nitrogen and oxygen atoms in total. The van der Waals surface area contributed by atoms with Gasteiger partial charge in [0.15, 0.2) is 0 Å². The van der Waals surface area contributed by atoms with Crippen molar-refractivity contribution in [1.29, 1.82) is 0 Å². The van der Waals surface area contributed by atoms with Gasteiger partial charge < -0.3 is 10.6 Å². The van der Waals surface area contributed by atoms with Crippen molar-refractivity contribution in [3.05, 3.63) is 65.2 Å². The maximum atomic E-state index is 12.5. The molecule has 2 atom stereocenters. The van der Waals surface area contributed by atoms with Gasteiger partial charge in [0.25, 0.3) is 0 Å². The van der Waals surface area contributed by atoms with Gasteiger partial charge in [-0.15, -0.1) is 0 Å². The SMILES string of the molecule is CC1CN(c2ccc(CNC(=O)NC3(C)CCc4ccccc4C3)cc2)S(=O)(=O)C1. The molecule has 1 aliphatic carbocycles. The lowest BCUT2D eigenvalue weighted by atomic mass is 9.79. The summed E-state index contributed by atoms with van der Waals surface area (Å²) in [5, 5.41) is 6.07. The van der Waals surface area contributed by atoms with Crippen LogP contribution in [0.15, 0.2) is 48.5 Å². The van der Waals surface area contributed by atoms with Crippen LogP contribution in [0, 0.1) is 5.92 Å². The lowest BCUT2D eigenvalue weighted by Crippen LogP contribution is -2.53. The van der Waals surface area contributed by atoms with E-state index in [0.29, 0.717) is 18.8 Å². The van der Waals surface area contributed by atoms with Gasteiger partial charge in [-0.3, -0.25) is 4.31 Å². The molecular weight excluding hydrogens is 398 g/mol. The number of fused-ring (bicyclic) bond motifs is 1. The van der Waals surface area contributed by atoms with Gasteiger partial charge in [0.1, 0.15) is 0 Å². The molecule has 2 aliphatic rings. The molecule has 0 aromatic heterocycles. The van der Waals surface area contributed by atoms with Gasteiger partial charge in [0.05, 0.1) is 11.4 Å². The van der Waals surface area contributed by atoms with Gasteiger partial charge in [-0.1, -0.05) is 43.3 Å². The molecule has 2 aromatic carbocycles. The number of sulfonamides is 1. The Morgan fingerprint density at radius 1 is 1.13 bits per heavy atom. The number of amides is 2. The van der Waals surface area contributed by atoms with E-state index in [9.17, 15) is 13.2 Å². The van der Waals surface area contributed by atoms with Crippen molar-refractivity contribution in [2.75, 3.05) is 16.6 Å². The molecule has 2 unspecified atom stereocenters. The third-order valence-corrected chi connectivity index (χ3v) is 8.07. The van der Waals surface area contributed by atoms with E-state index < -0.39 is 10.0 Å². The van der Waals surface area contributed by atoms with E-state index in [0.717, 1.165) is 24.8 Å². The zero-order valence-corrected chi connectivity index (χ0v) is 18.3. The Bertz CT molecular complexity index is 1040. The summed E-state index contributed by atoms with van der Waals surface area (Å²) in [7, 11) is -3.22. The monoisotopic (exact) mass is 427 g/mol. The molecule has 1 heterocycles. The highest BCUT2D eigenvalue weighted by atomic mass is 32.2. The molecule has 2 amide bonds. The summed E-state index contributed by atoms with van der Waals surface area (Å²) in [4.78, 5) is 12.5. The summed E-state index contributed by atoms with van der Waals surface area (Å²) in [6.45, 7) is 4.95. The number of nitrogens with zero attached hydrogens (tertiary/aromatic N) is 1. The fraction of sp³-hybridized carbons (Fsp3) is 0.435. The molecule has 1 saturated heterocycles. The molecule has 2 aromatic rings. The van der Waals surface area contributed by atoms with Gasteiger partial charge in [-0.2, -0.15) is 0 Å². The number of rotatable bonds is 4. The van der Waals surface area contributed by atoms with Crippen molar-refractivity contribution in [2.45, 2.75) is 45.2 Å². The molecule has 1 aliphatic heterocycles. The average molecular weight is 428 g/mol. The van der Waals surface area contributed by atoms with Gasteiger partial charge in [-0.25, -0.2) is 13.2 Å². The third kappa shape index (κ3) is 4.46. The maximum absolute atomic E-state index is 12.5. The van der Waals surface area contributed by atoms with Crippen LogP contribution >= 0.6 is 0 Å². The van der Waals surface area contributed by atoms with Crippen LogP contribution in [0.5, 0.6) is 0 Å². The lowest BCUT2D eigenvalue weighted by Gasteiger charge is -2.35. The highest BCUT2D eigenvalue weighted by molar-refractivity contribution is 7.93. The van der Waals surface area contributed by atoms with Crippen molar-refractivity contribution >= 4 is 21.7 Å². The number of hydrogen-bond donors (Lipinski definition) is 2. The predicted molar refractivity (Wildman–Crippen MR) is 119 cm³/mol. The van der Waals surface area contributed by atoms with Crippen LogP contribution in [0.2, 0.25) is 0 Å². The minimum atomic E-state index is -3.22. The number of urea groups is 1. The van der Waals surface area contributed by atoms with Gasteiger partial charge in [-0.05, 0) is 60.9 Å². The van der Waals surface area contributed by atoms with E-state index in [1.807, 2.05) is 37.3 Å². The summed E-state index contributed by atoms with van der Waals surface area (Å²) >= 11 is 0. The van der Waals surface area contributed by atoms with Crippen molar-refractivity contribution in [3.8, 4) is 0 Å². The number of aryl methyl sites for hydroxylation is 1. The number of carbonyl (C=O) groups excluding carboxylic acids is 1. The van der Waals surface area contributed by atoms with Gasteiger partial charge in [0, 0.05) is 18.6 Å². The highest BCUT2D eigenvalue weighted by Crippen LogP contribution is 2.29. The smallest absolute Gasteiger partial charge is 0.315 e. The summed E-state index contributed by atoms with van der Waals surface area (Å²) < 4.78 is 25.9. The topological polar surface area (TPSA) is 78.5 Å². The van der Waals surface area contributed by atoms with E-state index in [4.69, 9.17) is 0 Å². The minimum absolute atomic E-state index is 0.133. The van der Waals surface area contributed by atoms with E-state index in [2.05, 4.69) is 35.8 Å². The molecule has 7 heteroatoms. The number of carbonyl (C=O) groups is 1. The van der Waals surface area contributed by atoms with Crippen LogP contribution in [0.1, 0.15) is 37.0 Å². The zero-order chi connectivity index (χ0) is 21.4. The fourth-order valence-electron chi connectivity index (χ4n) is 4.45. The van der Waals surface area contributed by atoms with Crippen molar-refractivity contribution in [2.24, 2.45) is 5.92 Å². The second-order valence-corrected chi connectivity index (χ2v) is 10.8. The Morgan fingerprint density at radius 3 is 2.50 bits per heavy atom. The molecule has 2 N–H and O–H groups in total. The molecule has 0 radical (unpaired) electrons. The largest absolute Gasteiger partial charge is 0.334 e. The number of nitrogens with one attached hydrogen (secondary N) is 2. The number of hydrogen-bond acceptors (Lipinski definition) is 3. The quantitative estimate of drug-likeness (QED) is 0.786. The van der Waals surface area contributed by atoms with E-state index in [1.165, 1.54) is 15.4 Å². The van der Waals surface area contributed by atoms with E-state index in [-0.39, 0.29) is 23.2 Å². The Labute approximate surface area is 178 Å². The van der Waals surface area contributed by atoms with Crippen LogP contribution < -0.4 is 14.9 Å². The summed E-state index contributed by atoms with van der Waals surface area (Å²) in [5.74, 6) is 0.327. The third-order valence-electron chi connectivity index (χ3n) is 6.05. The first-order valence-electron chi connectivity index (χ1n) is 10.5. The summed E-state index contributed by atoms with van der Waals surface area (Å²) in [6, 6.07) is 15.6. The molecule has 0 bridgehead atoms. The fourth-order valence-corrected chi connectivity index (χ4v) is 6.37. The molecule has 0 saturated carbocycles. The predicted octanol–water partition coefficient (Wildman–Crippen LogP) is 3.22. The highest BCUT2D eigenvalue weighted by Gasteiger charge is 2.33. The zero-order valence-electron chi connectivity index (χ0n) is 17.5.